The fourth-order valence-corrected chi connectivity index (χ4v) is 1.79. The monoisotopic (exact) mass is 257 g/mol. The zero-order chi connectivity index (χ0) is 13.8. The number of imidazole rings is 1. The highest BCUT2D eigenvalue weighted by Gasteiger charge is 2.13. The Kier molecular flexibility index (Phi) is 3.43. The Bertz CT molecular complexity index is 656. The van der Waals surface area contributed by atoms with Crippen LogP contribution < -0.4 is 5.32 Å². The Morgan fingerprint density at radius 3 is 3.00 bits per heavy atom. The average Bonchev–Trinajstić information content (AvgIpc) is 2.85. The van der Waals surface area contributed by atoms with Crippen LogP contribution in [0.25, 0.3) is 0 Å². The highest BCUT2D eigenvalue weighted by Crippen LogP contribution is 2.25. The van der Waals surface area contributed by atoms with Crippen LogP contribution >= 0.6 is 0 Å². The van der Waals surface area contributed by atoms with Crippen LogP contribution in [0.15, 0.2) is 30.6 Å². The molecule has 1 aromatic heterocycles. The van der Waals surface area contributed by atoms with E-state index in [-0.39, 0.29) is 5.69 Å². The van der Waals surface area contributed by atoms with Gasteiger partial charge in [-0.25, -0.2) is 4.98 Å². The summed E-state index contributed by atoms with van der Waals surface area (Å²) in [6.07, 6.45) is 3.24. The maximum absolute atomic E-state index is 10.8. The van der Waals surface area contributed by atoms with Crippen LogP contribution in [-0.4, -0.2) is 21.5 Å². The van der Waals surface area contributed by atoms with Crippen LogP contribution in [0, 0.1) is 21.4 Å². The van der Waals surface area contributed by atoms with Gasteiger partial charge < -0.3 is 9.88 Å². The molecule has 0 radical (unpaired) electrons. The number of nitro groups is 1. The molecule has 0 saturated carbocycles. The molecule has 2 aromatic rings. The second-order valence-corrected chi connectivity index (χ2v) is 3.85. The van der Waals surface area contributed by atoms with E-state index in [1.165, 1.54) is 6.07 Å². The largest absolute Gasteiger partial charge is 0.383 e. The Labute approximate surface area is 109 Å². The van der Waals surface area contributed by atoms with E-state index in [2.05, 4.69) is 10.3 Å². The maximum Gasteiger partial charge on any atom is 0.292 e. The zero-order valence-electron chi connectivity index (χ0n) is 10.2. The summed E-state index contributed by atoms with van der Waals surface area (Å²) in [4.78, 5) is 14.3. The molecule has 1 N–H and O–H groups in total. The van der Waals surface area contributed by atoms with Gasteiger partial charge in [-0.1, -0.05) is 6.07 Å². The third kappa shape index (κ3) is 2.52. The molecule has 0 saturated heterocycles. The molecule has 0 bridgehead atoms. The summed E-state index contributed by atoms with van der Waals surface area (Å²) >= 11 is 0. The predicted octanol–water partition coefficient (Wildman–Crippen LogP) is 1.75. The van der Waals surface area contributed by atoms with E-state index in [1.54, 1.807) is 36.1 Å². The minimum Gasteiger partial charge on any atom is -0.383 e. The summed E-state index contributed by atoms with van der Waals surface area (Å²) in [6.45, 7) is 0.440. The van der Waals surface area contributed by atoms with E-state index in [0.717, 1.165) is 5.56 Å². The fraction of sp³-hybridized carbons (Fsp3) is 0.167. The second kappa shape index (κ2) is 5.18. The van der Waals surface area contributed by atoms with Crippen molar-refractivity contribution >= 4 is 11.4 Å². The van der Waals surface area contributed by atoms with Crippen LogP contribution in [0.5, 0.6) is 0 Å². The molecule has 7 heteroatoms. The number of nitrogens with zero attached hydrogens (tertiary/aromatic N) is 4. The van der Waals surface area contributed by atoms with Gasteiger partial charge in [-0.2, -0.15) is 5.26 Å². The molecular weight excluding hydrogens is 246 g/mol. The van der Waals surface area contributed by atoms with Gasteiger partial charge in [0, 0.05) is 32.1 Å². The quantitative estimate of drug-likeness (QED) is 0.664. The Balaban J connectivity index is 2.32. The molecule has 19 heavy (non-hydrogen) atoms. The topological polar surface area (TPSA) is 96.8 Å². The lowest BCUT2D eigenvalue weighted by molar-refractivity contribution is -0.383. The van der Waals surface area contributed by atoms with Crippen molar-refractivity contribution in [3.8, 4) is 6.07 Å². The third-order valence-corrected chi connectivity index (χ3v) is 2.70. The summed E-state index contributed by atoms with van der Waals surface area (Å²) in [5.41, 5.74) is 1.32. The smallest absolute Gasteiger partial charge is 0.292 e. The number of hydrogen-bond donors (Lipinski definition) is 1. The number of nitro benzene ring substituents is 1. The molecule has 7 nitrogen and oxygen atoms in total. The van der Waals surface area contributed by atoms with Gasteiger partial charge in [0.1, 0.15) is 11.8 Å². The van der Waals surface area contributed by atoms with E-state index in [0.29, 0.717) is 18.1 Å². The van der Waals surface area contributed by atoms with Crippen molar-refractivity contribution in [2.24, 2.45) is 0 Å². The lowest BCUT2D eigenvalue weighted by Gasteiger charge is -2.07. The first-order chi connectivity index (χ1) is 9.15. The van der Waals surface area contributed by atoms with Crippen molar-refractivity contribution in [2.75, 3.05) is 12.4 Å². The fourth-order valence-electron chi connectivity index (χ4n) is 1.79. The van der Waals surface area contributed by atoms with Gasteiger partial charge in [0.05, 0.1) is 4.92 Å². The number of benzene rings is 1. The van der Waals surface area contributed by atoms with Crippen LogP contribution in [-0.2, 0) is 6.54 Å². The number of nitriles is 1. The van der Waals surface area contributed by atoms with Gasteiger partial charge in [-0.15, -0.1) is 0 Å². The molecule has 0 spiro atoms. The van der Waals surface area contributed by atoms with Gasteiger partial charge >= 0.3 is 0 Å². The lowest BCUT2D eigenvalue weighted by Crippen LogP contribution is -2.03. The first-order valence-electron chi connectivity index (χ1n) is 5.52. The van der Waals surface area contributed by atoms with E-state index < -0.39 is 4.92 Å². The minimum absolute atomic E-state index is 0.0254. The number of hydrogen-bond acceptors (Lipinski definition) is 5. The number of anilines is 1. The molecule has 0 amide bonds. The first kappa shape index (κ1) is 12.6. The molecule has 0 aliphatic carbocycles. The predicted molar refractivity (Wildman–Crippen MR) is 68.7 cm³/mol. The van der Waals surface area contributed by atoms with Gasteiger partial charge in [-0.05, 0) is 11.6 Å². The maximum atomic E-state index is 10.8. The van der Waals surface area contributed by atoms with Gasteiger partial charge in [0.2, 0.25) is 5.82 Å². The van der Waals surface area contributed by atoms with Crippen LogP contribution in [0.1, 0.15) is 11.4 Å². The van der Waals surface area contributed by atoms with Crippen molar-refractivity contribution in [1.82, 2.24) is 9.55 Å². The molecule has 1 aromatic carbocycles. The van der Waals surface area contributed by atoms with Crippen molar-refractivity contribution in [3.63, 3.8) is 0 Å². The van der Waals surface area contributed by atoms with Crippen molar-refractivity contribution in [2.45, 2.75) is 6.54 Å². The van der Waals surface area contributed by atoms with E-state index in [4.69, 9.17) is 5.26 Å². The van der Waals surface area contributed by atoms with Crippen LogP contribution in [0.4, 0.5) is 11.4 Å². The Hall–Kier alpha value is -2.88. The van der Waals surface area contributed by atoms with Crippen molar-refractivity contribution in [3.05, 3.63) is 52.1 Å². The number of nitrogens with one attached hydrogen (secondary N) is 1. The standard InChI is InChI=1S/C12H11N5O2/c1-14-10-6-9(2-3-11(10)17(18)19)8-16-5-4-15-12(16)7-13/h2-6,14H,8H2,1H3. The summed E-state index contributed by atoms with van der Waals surface area (Å²) in [5.74, 6) is 0.310. The summed E-state index contributed by atoms with van der Waals surface area (Å²) in [5, 5.41) is 22.5. The van der Waals surface area contributed by atoms with Crippen LogP contribution in [0.3, 0.4) is 0 Å². The molecule has 0 atom stereocenters. The second-order valence-electron chi connectivity index (χ2n) is 3.85. The summed E-state index contributed by atoms with van der Waals surface area (Å²) in [6, 6.07) is 6.79. The zero-order valence-corrected chi connectivity index (χ0v) is 10.2. The van der Waals surface area contributed by atoms with Crippen LogP contribution in [0.2, 0.25) is 0 Å². The Morgan fingerprint density at radius 1 is 1.58 bits per heavy atom. The Morgan fingerprint density at radius 2 is 2.37 bits per heavy atom. The minimum atomic E-state index is -0.437. The molecule has 96 valence electrons. The number of rotatable bonds is 4. The van der Waals surface area contributed by atoms with Gasteiger partial charge in [-0.3, -0.25) is 10.1 Å². The SMILES string of the molecule is CNc1cc(Cn2ccnc2C#N)ccc1[N+](=O)[O-]. The van der Waals surface area contributed by atoms with Gasteiger partial charge in [0.15, 0.2) is 0 Å². The van der Waals surface area contributed by atoms with E-state index >= 15 is 0 Å². The van der Waals surface area contributed by atoms with E-state index in [9.17, 15) is 10.1 Å². The molecule has 1 heterocycles. The average molecular weight is 257 g/mol. The van der Waals surface area contributed by atoms with Gasteiger partial charge in [0.25, 0.3) is 5.69 Å². The molecule has 0 unspecified atom stereocenters. The molecule has 0 aliphatic rings. The van der Waals surface area contributed by atoms with Crippen molar-refractivity contribution < 1.29 is 4.92 Å². The highest BCUT2D eigenvalue weighted by molar-refractivity contribution is 5.62. The molecule has 2 rings (SSSR count). The molecular formula is C12H11N5O2. The normalized spacial score (nSPS) is 9.89. The highest BCUT2D eigenvalue weighted by atomic mass is 16.6. The summed E-state index contributed by atoms with van der Waals surface area (Å²) < 4.78 is 1.68. The molecule has 0 fully saturated rings. The summed E-state index contributed by atoms with van der Waals surface area (Å²) in [7, 11) is 1.63. The number of aromatic nitrogens is 2. The molecule has 0 aliphatic heterocycles. The first-order valence-corrected chi connectivity index (χ1v) is 5.52. The van der Waals surface area contributed by atoms with Crippen molar-refractivity contribution in [1.29, 1.82) is 5.26 Å². The third-order valence-electron chi connectivity index (χ3n) is 2.70. The lowest BCUT2D eigenvalue weighted by atomic mass is 10.1. The van der Waals surface area contributed by atoms with E-state index in [1.807, 2.05) is 6.07 Å².